The molecule has 0 bridgehead atoms. The number of carbonyl (C=O) groups excluding carboxylic acids is 2. The van der Waals surface area contributed by atoms with E-state index in [0.29, 0.717) is 21.8 Å². The van der Waals surface area contributed by atoms with Crippen LogP contribution in [0, 0.1) is 6.92 Å². The standard InChI is InChI=1S/C19H18ClN3O3/c1-4-15-11(2)23-10-13(6-8-17(23)21-15)18(24)22-16-9-12(19(25)26-3)5-7-14(16)20/h5-10H,4H2,1-3H3,(H,22,24). The highest BCUT2D eigenvalue weighted by Crippen LogP contribution is 2.24. The molecule has 0 aliphatic carbocycles. The van der Waals surface area contributed by atoms with Gasteiger partial charge in [0.05, 0.1) is 34.6 Å². The van der Waals surface area contributed by atoms with Gasteiger partial charge in [-0.25, -0.2) is 9.78 Å². The highest BCUT2D eigenvalue weighted by atomic mass is 35.5. The summed E-state index contributed by atoms with van der Waals surface area (Å²) in [6, 6.07) is 8.07. The number of carbonyl (C=O) groups is 2. The maximum absolute atomic E-state index is 12.6. The number of fused-ring (bicyclic) bond motifs is 1. The molecule has 0 saturated carbocycles. The molecule has 6 nitrogen and oxygen atoms in total. The molecule has 1 N–H and O–H groups in total. The summed E-state index contributed by atoms with van der Waals surface area (Å²) in [6.45, 7) is 4.01. The van der Waals surface area contributed by atoms with Crippen LogP contribution in [0.2, 0.25) is 5.02 Å². The third-order valence-electron chi connectivity index (χ3n) is 4.19. The van der Waals surface area contributed by atoms with Crippen LogP contribution in [-0.4, -0.2) is 28.4 Å². The molecule has 0 fully saturated rings. The fraction of sp³-hybridized carbons (Fsp3) is 0.211. The van der Waals surface area contributed by atoms with Crippen molar-refractivity contribution in [1.82, 2.24) is 9.38 Å². The largest absolute Gasteiger partial charge is 0.465 e. The summed E-state index contributed by atoms with van der Waals surface area (Å²) in [5.74, 6) is -0.832. The van der Waals surface area contributed by atoms with Gasteiger partial charge in [0.1, 0.15) is 5.65 Å². The van der Waals surface area contributed by atoms with E-state index in [1.54, 1.807) is 24.4 Å². The number of rotatable bonds is 4. The summed E-state index contributed by atoms with van der Waals surface area (Å²) >= 11 is 6.14. The van der Waals surface area contributed by atoms with Crippen molar-refractivity contribution in [1.29, 1.82) is 0 Å². The van der Waals surface area contributed by atoms with Crippen LogP contribution in [0.3, 0.4) is 0 Å². The van der Waals surface area contributed by atoms with Crippen LogP contribution in [0.5, 0.6) is 0 Å². The normalized spacial score (nSPS) is 10.8. The van der Waals surface area contributed by atoms with E-state index in [1.165, 1.54) is 19.2 Å². The van der Waals surface area contributed by atoms with Gasteiger partial charge in [-0.15, -0.1) is 0 Å². The minimum absolute atomic E-state index is 0.306. The Morgan fingerprint density at radius 1 is 1.23 bits per heavy atom. The first kappa shape index (κ1) is 17.9. The lowest BCUT2D eigenvalue weighted by Crippen LogP contribution is -2.14. The zero-order valence-electron chi connectivity index (χ0n) is 14.7. The van der Waals surface area contributed by atoms with E-state index in [-0.39, 0.29) is 5.91 Å². The molecule has 1 aromatic carbocycles. The Morgan fingerprint density at radius 3 is 2.65 bits per heavy atom. The number of anilines is 1. The van der Waals surface area contributed by atoms with Crippen LogP contribution in [0.25, 0.3) is 5.65 Å². The Balaban J connectivity index is 1.92. The molecule has 0 unspecified atom stereocenters. The predicted molar refractivity (Wildman–Crippen MR) is 100 cm³/mol. The van der Waals surface area contributed by atoms with Gasteiger partial charge in [0.2, 0.25) is 0 Å². The molecule has 2 aromatic heterocycles. The maximum atomic E-state index is 12.6. The quantitative estimate of drug-likeness (QED) is 0.706. The van der Waals surface area contributed by atoms with E-state index in [4.69, 9.17) is 16.3 Å². The van der Waals surface area contributed by atoms with Crippen LogP contribution in [0.15, 0.2) is 36.5 Å². The molecule has 3 rings (SSSR count). The number of benzene rings is 1. The van der Waals surface area contributed by atoms with Crippen molar-refractivity contribution in [3.05, 3.63) is 64.1 Å². The lowest BCUT2D eigenvalue weighted by atomic mass is 10.2. The average molecular weight is 372 g/mol. The second kappa shape index (κ2) is 7.17. The van der Waals surface area contributed by atoms with Gasteiger partial charge >= 0.3 is 5.97 Å². The lowest BCUT2D eigenvalue weighted by Gasteiger charge is -2.09. The number of aromatic nitrogens is 2. The second-order valence-electron chi connectivity index (χ2n) is 5.78. The first-order chi connectivity index (χ1) is 12.4. The lowest BCUT2D eigenvalue weighted by molar-refractivity contribution is 0.0600. The average Bonchev–Trinajstić information content (AvgIpc) is 2.98. The number of methoxy groups -OCH3 is 1. The molecular weight excluding hydrogens is 354 g/mol. The van der Waals surface area contributed by atoms with Crippen molar-refractivity contribution in [2.24, 2.45) is 0 Å². The van der Waals surface area contributed by atoms with E-state index in [2.05, 4.69) is 10.3 Å². The summed E-state index contributed by atoms with van der Waals surface area (Å²) in [4.78, 5) is 28.8. The summed E-state index contributed by atoms with van der Waals surface area (Å²) in [6.07, 6.45) is 2.56. The van der Waals surface area contributed by atoms with Crippen LogP contribution in [0.4, 0.5) is 5.69 Å². The Bertz CT molecular complexity index is 1010. The number of nitrogens with zero attached hydrogens (tertiary/aromatic N) is 2. The molecule has 1 amide bonds. The highest BCUT2D eigenvalue weighted by molar-refractivity contribution is 6.34. The van der Waals surface area contributed by atoms with Gasteiger partial charge in [-0.05, 0) is 43.7 Å². The molecule has 0 radical (unpaired) electrons. The molecule has 3 aromatic rings. The number of imidazole rings is 1. The van der Waals surface area contributed by atoms with E-state index in [1.807, 2.05) is 18.2 Å². The monoisotopic (exact) mass is 371 g/mol. The number of amides is 1. The smallest absolute Gasteiger partial charge is 0.337 e. The first-order valence-corrected chi connectivity index (χ1v) is 8.49. The summed E-state index contributed by atoms with van der Waals surface area (Å²) in [5, 5.41) is 3.07. The first-order valence-electron chi connectivity index (χ1n) is 8.11. The van der Waals surface area contributed by atoms with Crippen LogP contribution in [-0.2, 0) is 11.2 Å². The second-order valence-corrected chi connectivity index (χ2v) is 6.19. The molecule has 134 valence electrons. The Kier molecular flexibility index (Phi) is 4.95. The van der Waals surface area contributed by atoms with E-state index in [0.717, 1.165) is 23.5 Å². The minimum Gasteiger partial charge on any atom is -0.465 e. The van der Waals surface area contributed by atoms with Gasteiger partial charge in [0.15, 0.2) is 0 Å². The number of pyridine rings is 1. The number of hydrogen-bond acceptors (Lipinski definition) is 4. The molecule has 0 spiro atoms. The zero-order valence-corrected chi connectivity index (χ0v) is 15.4. The molecule has 0 aliphatic rings. The number of hydrogen-bond donors (Lipinski definition) is 1. The van der Waals surface area contributed by atoms with Gasteiger partial charge < -0.3 is 14.5 Å². The SMILES string of the molecule is CCc1nc2ccc(C(=O)Nc3cc(C(=O)OC)ccc3Cl)cn2c1C. The van der Waals surface area contributed by atoms with Crippen molar-refractivity contribution in [3.8, 4) is 0 Å². The van der Waals surface area contributed by atoms with E-state index >= 15 is 0 Å². The zero-order chi connectivity index (χ0) is 18.8. The maximum Gasteiger partial charge on any atom is 0.337 e. The van der Waals surface area contributed by atoms with Crippen LogP contribution in [0.1, 0.15) is 39.0 Å². The van der Waals surface area contributed by atoms with E-state index in [9.17, 15) is 9.59 Å². The van der Waals surface area contributed by atoms with Crippen LogP contribution >= 0.6 is 11.6 Å². The molecular formula is C19H18ClN3O3. The van der Waals surface area contributed by atoms with Gasteiger partial charge in [-0.1, -0.05) is 18.5 Å². The Morgan fingerprint density at radius 2 is 1.96 bits per heavy atom. The third kappa shape index (κ3) is 3.28. The van der Waals surface area contributed by atoms with Crippen molar-refractivity contribution < 1.29 is 14.3 Å². The number of halogens is 1. The predicted octanol–water partition coefficient (Wildman–Crippen LogP) is 3.90. The van der Waals surface area contributed by atoms with Crippen molar-refractivity contribution in [3.63, 3.8) is 0 Å². The number of nitrogens with one attached hydrogen (secondary N) is 1. The molecule has 0 aliphatic heterocycles. The molecule has 0 atom stereocenters. The molecule has 7 heteroatoms. The van der Waals surface area contributed by atoms with Crippen LogP contribution < -0.4 is 5.32 Å². The number of esters is 1. The van der Waals surface area contributed by atoms with Gasteiger partial charge in [-0.3, -0.25) is 4.79 Å². The van der Waals surface area contributed by atoms with Gasteiger partial charge in [0, 0.05) is 11.9 Å². The fourth-order valence-electron chi connectivity index (χ4n) is 2.74. The highest BCUT2D eigenvalue weighted by Gasteiger charge is 2.14. The number of aryl methyl sites for hydroxylation is 2. The molecule has 2 heterocycles. The summed E-state index contributed by atoms with van der Waals surface area (Å²) in [7, 11) is 1.29. The van der Waals surface area contributed by atoms with Crippen molar-refractivity contribution in [2.45, 2.75) is 20.3 Å². The Labute approximate surface area is 155 Å². The molecule has 26 heavy (non-hydrogen) atoms. The summed E-state index contributed by atoms with van der Waals surface area (Å²) in [5.41, 5.74) is 3.90. The van der Waals surface area contributed by atoms with Crippen molar-refractivity contribution >= 4 is 34.8 Å². The van der Waals surface area contributed by atoms with Gasteiger partial charge in [0.25, 0.3) is 5.91 Å². The number of ether oxygens (including phenoxy) is 1. The molecule has 0 saturated heterocycles. The topological polar surface area (TPSA) is 72.7 Å². The Hall–Kier alpha value is -2.86. The fourth-order valence-corrected chi connectivity index (χ4v) is 2.91. The third-order valence-corrected chi connectivity index (χ3v) is 4.52. The van der Waals surface area contributed by atoms with Gasteiger partial charge in [-0.2, -0.15) is 0 Å². The summed E-state index contributed by atoms with van der Waals surface area (Å²) < 4.78 is 6.58. The minimum atomic E-state index is -0.500. The van der Waals surface area contributed by atoms with E-state index < -0.39 is 5.97 Å². The van der Waals surface area contributed by atoms with Crippen molar-refractivity contribution in [2.75, 3.05) is 12.4 Å².